The molecule has 108 valence electrons. The summed E-state index contributed by atoms with van der Waals surface area (Å²) in [5, 5.41) is 6.62. The van der Waals surface area contributed by atoms with E-state index in [1.807, 2.05) is 24.9 Å². The van der Waals surface area contributed by atoms with Gasteiger partial charge in [0.2, 0.25) is 5.95 Å². The highest BCUT2D eigenvalue weighted by Gasteiger charge is 2.02. The van der Waals surface area contributed by atoms with Crippen molar-refractivity contribution in [3.8, 4) is 0 Å². The molecule has 0 aliphatic carbocycles. The van der Waals surface area contributed by atoms with Gasteiger partial charge in [0, 0.05) is 24.8 Å². The Morgan fingerprint density at radius 3 is 2.74 bits per heavy atom. The molecule has 1 aromatic heterocycles. The molecular weight excluding hydrogens is 256 g/mol. The van der Waals surface area contributed by atoms with E-state index in [2.05, 4.69) is 33.8 Å². The zero-order chi connectivity index (χ0) is 13.9. The number of rotatable bonds is 10. The van der Waals surface area contributed by atoms with Gasteiger partial charge in [0.05, 0.1) is 0 Å². The monoisotopic (exact) mass is 282 g/mol. The first-order valence-electron chi connectivity index (χ1n) is 7.08. The first-order valence-corrected chi connectivity index (χ1v) is 8.47. The van der Waals surface area contributed by atoms with E-state index in [9.17, 15) is 0 Å². The summed E-state index contributed by atoms with van der Waals surface area (Å²) in [6.07, 6.45) is 8.89. The molecule has 0 atom stereocenters. The van der Waals surface area contributed by atoms with Gasteiger partial charge in [0.15, 0.2) is 0 Å². The molecule has 1 aromatic rings. The van der Waals surface area contributed by atoms with Crippen LogP contribution in [0, 0.1) is 6.92 Å². The second-order valence-corrected chi connectivity index (χ2v) is 5.62. The number of aryl methyl sites for hydroxylation is 1. The minimum Gasteiger partial charge on any atom is -0.370 e. The first kappa shape index (κ1) is 16.1. The second-order valence-electron chi connectivity index (χ2n) is 4.63. The summed E-state index contributed by atoms with van der Waals surface area (Å²) in [4.78, 5) is 8.79. The maximum Gasteiger partial charge on any atom is 0.224 e. The van der Waals surface area contributed by atoms with Gasteiger partial charge >= 0.3 is 0 Å². The number of aromatic nitrogens is 2. The number of hydrogen-bond donors (Lipinski definition) is 2. The van der Waals surface area contributed by atoms with Crippen LogP contribution in [-0.2, 0) is 0 Å². The molecule has 4 nitrogen and oxygen atoms in total. The zero-order valence-electron chi connectivity index (χ0n) is 12.3. The van der Waals surface area contributed by atoms with Crippen LogP contribution in [0.1, 0.15) is 38.2 Å². The molecule has 1 heterocycles. The van der Waals surface area contributed by atoms with Gasteiger partial charge in [-0.15, -0.1) is 0 Å². The van der Waals surface area contributed by atoms with E-state index in [0.717, 1.165) is 36.8 Å². The third-order valence-corrected chi connectivity index (χ3v) is 3.52. The number of hydrogen-bond acceptors (Lipinski definition) is 5. The lowest BCUT2D eigenvalue weighted by atomic mass is 10.2. The van der Waals surface area contributed by atoms with Crippen LogP contribution in [0.25, 0.3) is 0 Å². The summed E-state index contributed by atoms with van der Waals surface area (Å²) in [6, 6.07) is 0. The Hall–Kier alpha value is -0.970. The Kier molecular flexibility index (Phi) is 8.38. The van der Waals surface area contributed by atoms with Crippen molar-refractivity contribution in [1.29, 1.82) is 0 Å². The van der Waals surface area contributed by atoms with E-state index in [0.29, 0.717) is 0 Å². The summed E-state index contributed by atoms with van der Waals surface area (Å²) in [6.45, 7) is 6.07. The average Bonchev–Trinajstić information content (AvgIpc) is 2.43. The molecule has 19 heavy (non-hydrogen) atoms. The third-order valence-electron chi connectivity index (χ3n) is 2.82. The predicted molar refractivity (Wildman–Crippen MR) is 86.3 cm³/mol. The van der Waals surface area contributed by atoms with E-state index in [1.54, 1.807) is 0 Å². The fourth-order valence-electron chi connectivity index (χ4n) is 1.70. The molecule has 0 aliphatic heterocycles. The number of unbranched alkanes of at least 4 members (excludes halogenated alkanes) is 2. The van der Waals surface area contributed by atoms with Crippen molar-refractivity contribution in [2.24, 2.45) is 0 Å². The van der Waals surface area contributed by atoms with E-state index >= 15 is 0 Å². The van der Waals surface area contributed by atoms with Crippen molar-refractivity contribution in [3.05, 3.63) is 11.8 Å². The van der Waals surface area contributed by atoms with Gasteiger partial charge in [-0.3, -0.25) is 0 Å². The van der Waals surface area contributed by atoms with Gasteiger partial charge < -0.3 is 10.6 Å². The van der Waals surface area contributed by atoms with Crippen LogP contribution in [-0.4, -0.2) is 35.1 Å². The molecule has 0 saturated carbocycles. The topological polar surface area (TPSA) is 49.8 Å². The maximum atomic E-state index is 4.51. The summed E-state index contributed by atoms with van der Waals surface area (Å²) in [5.74, 6) is 2.94. The standard InChI is InChI=1S/C14H26N4S/c1-4-8-16-14-17-11-12(2)13(18-14)15-9-6-5-7-10-19-3/h11H,4-10H2,1-3H3,(H2,15,16,17,18). The Morgan fingerprint density at radius 1 is 1.16 bits per heavy atom. The highest BCUT2D eigenvalue weighted by atomic mass is 32.2. The lowest BCUT2D eigenvalue weighted by Gasteiger charge is -2.10. The van der Waals surface area contributed by atoms with Gasteiger partial charge in [0.25, 0.3) is 0 Å². The summed E-state index contributed by atoms with van der Waals surface area (Å²) in [7, 11) is 0. The Morgan fingerprint density at radius 2 is 2.00 bits per heavy atom. The fraction of sp³-hybridized carbons (Fsp3) is 0.714. The minimum atomic E-state index is 0.720. The zero-order valence-corrected chi connectivity index (χ0v) is 13.1. The van der Waals surface area contributed by atoms with Crippen molar-refractivity contribution in [1.82, 2.24) is 9.97 Å². The molecule has 5 heteroatoms. The van der Waals surface area contributed by atoms with Gasteiger partial charge in [-0.1, -0.05) is 13.3 Å². The van der Waals surface area contributed by atoms with Crippen molar-refractivity contribution < 1.29 is 0 Å². The summed E-state index contributed by atoms with van der Waals surface area (Å²) < 4.78 is 0. The van der Waals surface area contributed by atoms with E-state index in [1.165, 1.54) is 25.0 Å². The number of thioether (sulfide) groups is 1. The number of anilines is 2. The van der Waals surface area contributed by atoms with Crippen LogP contribution < -0.4 is 10.6 Å². The van der Waals surface area contributed by atoms with Crippen molar-refractivity contribution in [2.75, 3.05) is 35.7 Å². The summed E-state index contributed by atoms with van der Waals surface area (Å²) in [5.41, 5.74) is 1.10. The van der Waals surface area contributed by atoms with E-state index in [-0.39, 0.29) is 0 Å². The SMILES string of the molecule is CCCNc1ncc(C)c(NCCCCCSC)n1. The molecule has 2 N–H and O–H groups in total. The Bertz CT molecular complexity index is 357. The maximum absolute atomic E-state index is 4.51. The van der Waals surface area contributed by atoms with E-state index < -0.39 is 0 Å². The minimum absolute atomic E-state index is 0.720. The number of nitrogens with one attached hydrogen (secondary N) is 2. The van der Waals surface area contributed by atoms with Gasteiger partial charge in [-0.05, 0) is 38.2 Å². The van der Waals surface area contributed by atoms with Crippen molar-refractivity contribution in [2.45, 2.75) is 39.5 Å². The van der Waals surface area contributed by atoms with Crippen LogP contribution in [0.4, 0.5) is 11.8 Å². The van der Waals surface area contributed by atoms with Crippen LogP contribution >= 0.6 is 11.8 Å². The predicted octanol–water partition coefficient (Wildman–Crippen LogP) is 3.55. The van der Waals surface area contributed by atoms with Crippen molar-refractivity contribution in [3.63, 3.8) is 0 Å². The Labute approximate surface area is 121 Å². The molecule has 0 aromatic carbocycles. The lowest BCUT2D eigenvalue weighted by Crippen LogP contribution is -2.09. The van der Waals surface area contributed by atoms with Crippen molar-refractivity contribution >= 4 is 23.5 Å². The highest BCUT2D eigenvalue weighted by Crippen LogP contribution is 2.13. The van der Waals surface area contributed by atoms with Crippen LogP contribution in [0.2, 0.25) is 0 Å². The molecule has 0 fully saturated rings. The molecule has 0 radical (unpaired) electrons. The highest BCUT2D eigenvalue weighted by molar-refractivity contribution is 7.98. The lowest BCUT2D eigenvalue weighted by molar-refractivity contribution is 0.747. The van der Waals surface area contributed by atoms with Crippen LogP contribution in [0.5, 0.6) is 0 Å². The van der Waals surface area contributed by atoms with Gasteiger partial charge in [-0.25, -0.2) is 4.98 Å². The van der Waals surface area contributed by atoms with Crippen LogP contribution in [0.3, 0.4) is 0 Å². The Balaban J connectivity index is 2.34. The molecule has 0 spiro atoms. The second kappa shape index (κ2) is 9.89. The molecule has 1 rings (SSSR count). The third kappa shape index (κ3) is 6.66. The molecule has 0 unspecified atom stereocenters. The molecule has 0 bridgehead atoms. The van der Waals surface area contributed by atoms with Gasteiger partial charge in [0.1, 0.15) is 5.82 Å². The molecule has 0 saturated heterocycles. The summed E-state index contributed by atoms with van der Waals surface area (Å²) >= 11 is 1.92. The molecular formula is C14H26N4S. The molecule has 0 aliphatic rings. The largest absolute Gasteiger partial charge is 0.370 e. The van der Waals surface area contributed by atoms with Crippen LogP contribution in [0.15, 0.2) is 6.20 Å². The van der Waals surface area contributed by atoms with E-state index in [4.69, 9.17) is 0 Å². The fourth-order valence-corrected chi connectivity index (χ4v) is 2.19. The average molecular weight is 282 g/mol. The number of nitrogens with zero attached hydrogens (tertiary/aromatic N) is 2. The molecule has 0 amide bonds. The smallest absolute Gasteiger partial charge is 0.224 e. The normalized spacial score (nSPS) is 10.5. The van der Waals surface area contributed by atoms with Gasteiger partial charge in [-0.2, -0.15) is 16.7 Å². The first-order chi connectivity index (χ1) is 9.27. The quantitative estimate of drug-likeness (QED) is 0.643.